The fourth-order valence-corrected chi connectivity index (χ4v) is 4.72. The van der Waals surface area contributed by atoms with E-state index in [2.05, 4.69) is 20.3 Å². The highest BCUT2D eigenvalue weighted by atomic mass is 19.1. The third-order valence-corrected chi connectivity index (χ3v) is 6.66. The van der Waals surface area contributed by atoms with Crippen molar-refractivity contribution in [1.29, 1.82) is 0 Å². The summed E-state index contributed by atoms with van der Waals surface area (Å²) in [5.74, 6) is 0.887. The molecule has 2 N–H and O–H groups in total. The van der Waals surface area contributed by atoms with Crippen LogP contribution in [-0.4, -0.2) is 46.6 Å². The number of β-amino-alcohol motifs (C(OH)–C–C–N with tert-alkyl or cyclic N) is 1. The smallest absolute Gasteiger partial charge is 0.326 e. The molecule has 0 amide bonds. The van der Waals surface area contributed by atoms with Crippen LogP contribution in [0.15, 0.2) is 34.3 Å². The molecule has 2 aliphatic heterocycles. The lowest BCUT2D eigenvalue weighted by Gasteiger charge is -2.18. The van der Waals surface area contributed by atoms with Gasteiger partial charge in [0.1, 0.15) is 23.3 Å². The SMILES string of the molecule is CC1=Cc2c(F)c(Oc3nc(NC4=NCC(C5CC5)=C4)cc(N4CCC(O)C4)n3)cc(F)c2C1. The van der Waals surface area contributed by atoms with Gasteiger partial charge < -0.3 is 20.1 Å². The summed E-state index contributed by atoms with van der Waals surface area (Å²) >= 11 is 0. The van der Waals surface area contributed by atoms with Gasteiger partial charge in [0.15, 0.2) is 11.6 Å². The number of nitrogens with zero attached hydrogens (tertiary/aromatic N) is 4. The molecule has 1 aromatic heterocycles. The van der Waals surface area contributed by atoms with E-state index in [-0.39, 0.29) is 17.3 Å². The minimum atomic E-state index is -0.634. The second kappa shape index (κ2) is 8.16. The molecule has 1 saturated carbocycles. The van der Waals surface area contributed by atoms with Crippen LogP contribution in [0.25, 0.3) is 6.08 Å². The van der Waals surface area contributed by atoms with E-state index in [4.69, 9.17) is 4.74 Å². The first-order valence-electron chi connectivity index (χ1n) is 11.6. The van der Waals surface area contributed by atoms with Gasteiger partial charge in [-0.2, -0.15) is 9.97 Å². The molecule has 1 atom stereocenters. The highest BCUT2D eigenvalue weighted by molar-refractivity contribution is 6.05. The van der Waals surface area contributed by atoms with Gasteiger partial charge in [-0.1, -0.05) is 11.6 Å². The fraction of sp³-hybridized carbons (Fsp3) is 0.400. The van der Waals surface area contributed by atoms with Gasteiger partial charge in [0.2, 0.25) is 0 Å². The van der Waals surface area contributed by atoms with Crippen LogP contribution in [0.2, 0.25) is 0 Å². The molecule has 2 aromatic rings. The van der Waals surface area contributed by atoms with Crippen LogP contribution >= 0.6 is 0 Å². The minimum Gasteiger partial charge on any atom is -0.421 e. The number of halogens is 2. The average Bonchev–Trinajstić information content (AvgIpc) is 3.18. The van der Waals surface area contributed by atoms with Gasteiger partial charge in [-0.15, -0.1) is 0 Å². The Kier molecular flexibility index (Phi) is 5.09. The number of anilines is 2. The normalized spacial score (nSPS) is 21.4. The maximum absolute atomic E-state index is 15.1. The summed E-state index contributed by atoms with van der Waals surface area (Å²) in [5.41, 5.74) is 2.75. The van der Waals surface area contributed by atoms with Crippen LogP contribution in [0.5, 0.6) is 11.8 Å². The molecule has 1 unspecified atom stereocenters. The second-order valence-corrected chi connectivity index (χ2v) is 9.43. The molecule has 34 heavy (non-hydrogen) atoms. The number of nitrogens with one attached hydrogen (secondary N) is 1. The van der Waals surface area contributed by atoms with Crippen molar-refractivity contribution < 1.29 is 18.6 Å². The van der Waals surface area contributed by atoms with Crippen molar-refractivity contribution in [2.24, 2.45) is 10.9 Å². The van der Waals surface area contributed by atoms with Crippen LogP contribution in [0.4, 0.5) is 20.4 Å². The topological polar surface area (TPSA) is 82.9 Å². The largest absolute Gasteiger partial charge is 0.421 e. The maximum Gasteiger partial charge on any atom is 0.326 e. The van der Waals surface area contributed by atoms with Crippen LogP contribution in [0.3, 0.4) is 0 Å². The van der Waals surface area contributed by atoms with E-state index in [1.165, 1.54) is 18.4 Å². The monoisotopic (exact) mass is 465 g/mol. The highest BCUT2D eigenvalue weighted by Gasteiger charge is 2.29. The number of aliphatic imine (C=N–C) groups is 1. The van der Waals surface area contributed by atoms with Crippen molar-refractivity contribution >= 4 is 23.5 Å². The first kappa shape index (κ1) is 21.2. The standard InChI is InChI=1S/C25H25F2N5O2/c1-13-6-17-18(7-13)24(27)20(9-19(17)26)34-25-30-22(10-23(31-25)32-5-4-16(33)12-32)29-21-8-15(11-28-21)14-2-3-14/h7-10,14,16,33H,2-6,11-12H2,1H3,(H,28,29,30,31). The Balaban J connectivity index is 1.32. The molecule has 9 heteroatoms. The third-order valence-electron chi connectivity index (χ3n) is 6.66. The number of hydrogen-bond donors (Lipinski definition) is 2. The van der Waals surface area contributed by atoms with Crippen LogP contribution in [0, 0.1) is 17.6 Å². The highest BCUT2D eigenvalue weighted by Crippen LogP contribution is 2.38. The first-order valence-corrected chi connectivity index (χ1v) is 11.6. The zero-order valence-electron chi connectivity index (χ0n) is 18.8. The quantitative estimate of drug-likeness (QED) is 0.688. The molecule has 3 heterocycles. The van der Waals surface area contributed by atoms with Crippen molar-refractivity contribution in [3.8, 4) is 11.8 Å². The molecule has 2 aliphatic carbocycles. The van der Waals surface area contributed by atoms with Crippen LogP contribution in [-0.2, 0) is 6.42 Å². The van der Waals surface area contributed by atoms with E-state index < -0.39 is 17.7 Å². The molecular weight excluding hydrogens is 440 g/mol. The number of benzene rings is 1. The van der Waals surface area contributed by atoms with Crippen molar-refractivity contribution in [3.63, 3.8) is 0 Å². The van der Waals surface area contributed by atoms with Gasteiger partial charge in [0.25, 0.3) is 0 Å². The number of rotatable bonds is 5. The molecule has 176 valence electrons. The third kappa shape index (κ3) is 4.04. The number of fused-ring (bicyclic) bond motifs is 1. The fourth-order valence-electron chi connectivity index (χ4n) is 4.72. The lowest BCUT2D eigenvalue weighted by Crippen LogP contribution is -2.23. The summed E-state index contributed by atoms with van der Waals surface area (Å²) in [4.78, 5) is 15.3. The van der Waals surface area contributed by atoms with E-state index in [0.29, 0.717) is 61.4 Å². The maximum atomic E-state index is 15.1. The molecule has 2 fully saturated rings. The number of aliphatic hydroxyl groups excluding tert-OH is 1. The Labute approximate surface area is 195 Å². The summed E-state index contributed by atoms with van der Waals surface area (Å²) in [6.07, 6.45) is 6.66. The number of aliphatic hydroxyl groups is 1. The van der Waals surface area contributed by atoms with Crippen LogP contribution in [0.1, 0.15) is 37.3 Å². The predicted molar refractivity (Wildman–Crippen MR) is 125 cm³/mol. The zero-order chi connectivity index (χ0) is 23.4. The number of hydrogen-bond acceptors (Lipinski definition) is 7. The van der Waals surface area contributed by atoms with Gasteiger partial charge in [0.05, 0.1) is 12.6 Å². The van der Waals surface area contributed by atoms with Gasteiger partial charge in [-0.05, 0) is 50.2 Å². The molecule has 0 spiro atoms. The summed E-state index contributed by atoms with van der Waals surface area (Å²) in [7, 11) is 0. The average molecular weight is 466 g/mol. The first-order chi connectivity index (χ1) is 16.4. The number of amidine groups is 1. The predicted octanol–water partition coefficient (Wildman–Crippen LogP) is 4.24. The summed E-state index contributed by atoms with van der Waals surface area (Å²) in [6.45, 7) is 3.56. The molecule has 0 radical (unpaired) electrons. The number of ether oxygens (including phenoxy) is 1. The Bertz CT molecular complexity index is 1270. The lowest BCUT2D eigenvalue weighted by atomic mass is 10.1. The summed E-state index contributed by atoms with van der Waals surface area (Å²) < 4.78 is 35.5. The molecule has 1 aromatic carbocycles. The molecule has 6 rings (SSSR count). The molecule has 4 aliphatic rings. The number of aromatic nitrogens is 2. The Morgan fingerprint density at radius 2 is 2.00 bits per heavy atom. The van der Waals surface area contributed by atoms with E-state index in [1.807, 2.05) is 17.9 Å². The van der Waals surface area contributed by atoms with Gasteiger partial charge >= 0.3 is 6.01 Å². The number of allylic oxidation sites excluding steroid dienone is 1. The van der Waals surface area contributed by atoms with E-state index in [9.17, 15) is 9.50 Å². The Morgan fingerprint density at radius 3 is 2.76 bits per heavy atom. The van der Waals surface area contributed by atoms with E-state index in [1.54, 1.807) is 12.1 Å². The molecule has 7 nitrogen and oxygen atoms in total. The van der Waals surface area contributed by atoms with Crippen molar-refractivity contribution in [1.82, 2.24) is 9.97 Å². The second-order valence-electron chi connectivity index (χ2n) is 9.43. The molecular formula is C25H25F2N5O2. The van der Waals surface area contributed by atoms with E-state index in [0.717, 1.165) is 11.6 Å². The summed E-state index contributed by atoms with van der Waals surface area (Å²) in [5, 5.41) is 13.2. The molecule has 0 bridgehead atoms. The Hall–Kier alpha value is -3.33. The Morgan fingerprint density at radius 1 is 1.15 bits per heavy atom. The molecule has 1 saturated heterocycles. The lowest BCUT2D eigenvalue weighted by molar-refractivity contribution is 0.198. The van der Waals surface area contributed by atoms with E-state index >= 15 is 4.39 Å². The van der Waals surface area contributed by atoms with Gasteiger partial charge in [0, 0.05) is 36.3 Å². The van der Waals surface area contributed by atoms with Gasteiger partial charge in [-0.25, -0.2) is 8.78 Å². The zero-order valence-corrected chi connectivity index (χ0v) is 18.8. The van der Waals surface area contributed by atoms with Crippen molar-refractivity contribution in [2.45, 2.75) is 38.7 Å². The minimum absolute atomic E-state index is 0.108. The van der Waals surface area contributed by atoms with Crippen molar-refractivity contribution in [3.05, 3.63) is 52.1 Å². The van der Waals surface area contributed by atoms with Gasteiger partial charge in [-0.3, -0.25) is 4.99 Å². The van der Waals surface area contributed by atoms with Crippen molar-refractivity contribution in [2.75, 3.05) is 29.9 Å². The summed E-state index contributed by atoms with van der Waals surface area (Å²) in [6, 6.07) is 2.69. The van der Waals surface area contributed by atoms with Crippen LogP contribution < -0.4 is 15.0 Å².